The maximum absolute atomic E-state index is 12.9. The summed E-state index contributed by atoms with van der Waals surface area (Å²) in [4.78, 5) is 39.1. The summed E-state index contributed by atoms with van der Waals surface area (Å²) in [5, 5.41) is 2.41. The molecule has 0 aromatic heterocycles. The average Bonchev–Trinajstić information content (AvgIpc) is 3.12. The molecule has 9 heteroatoms. The van der Waals surface area contributed by atoms with Crippen molar-refractivity contribution < 1.29 is 23.9 Å². The van der Waals surface area contributed by atoms with E-state index in [0.717, 1.165) is 22.2 Å². The van der Waals surface area contributed by atoms with Crippen molar-refractivity contribution in [2.24, 2.45) is 0 Å². The molecule has 0 spiro atoms. The zero-order valence-corrected chi connectivity index (χ0v) is 21.3. The van der Waals surface area contributed by atoms with Crippen LogP contribution in [0.3, 0.4) is 0 Å². The monoisotopic (exact) mass is 552 g/mol. The molecule has 0 atom stereocenters. The highest BCUT2D eigenvalue weighted by molar-refractivity contribution is 9.10. The molecule has 1 fully saturated rings. The predicted molar refractivity (Wildman–Crippen MR) is 141 cm³/mol. The number of amides is 3. The Morgan fingerprint density at radius 2 is 1.80 bits per heavy atom. The molecule has 1 saturated heterocycles. The van der Waals surface area contributed by atoms with Gasteiger partial charge in [-0.05, 0) is 82.7 Å². The van der Waals surface area contributed by atoms with Crippen molar-refractivity contribution in [2.45, 2.75) is 6.92 Å². The second kappa shape index (κ2) is 10.8. The van der Waals surface area contributed by atoms with Gasteiger partial charge >= 0.3 is 0 Å². The fraction of sp³-hybridized carbons (Fsp3) is 0.115. The maximum atomic E-state index is 12.9. The number of ether oxygens (including phenoxy) is 2. The minimum absolute atomic E-state index is 0.224. The van der Waals surface area contributed by atoms with Crippen LogP contribution in [0.2, 0.25) is 0 Å². The SMILES string of the molecule is COc1cc(/C=C2/SC(=O)N(c3ccccc3)C2=O)cc(Br)c1OCC(=O)Nc1ccc(C)cc1. The van der Waals surface area contributed by atoms with Crippen LogP contribution in [0.1, 0.15) is 11.1 Å². The second-order valence-corrected chi connectivity index (χ2v) is 9.44. The van der Waals surface area contributed by atoms with E-state index in [2.05, 4.69) is 21.2 Å². The largest absolute Gasteiger partial charge is 0.493 e. The molecule has 0 radical (unpaired) electrons. The molecule has 0 bridgehead atoms. The molecule has 1 aliphatic rings. The Hall–Kier alpha value is -3.56. The fourth-order valence-electron chi connectivity index (χ4n) is 3.35. The van der Waals surface area contributed by atoms with Gasteiger partial charge in [-0.2, -0.15) is 0 Å². The molecule has 3 amide bonds. The maximum Gasteiger partial charge on any atom is 0.298 e. The number of imide groups is 1. The van der Waals surface area contributed by atoms with E-state index in [9.17, 15) is 14.4 Å². The van der Waals surface area contributed by atoms with Gasteiger partial charge in [0.1, 0.15) is 0 Å². The van der Waals surface area contributed by atoms with Crippen LogP contribution in [0.25, 0.3) is 6.08 Å². The van der Waals surface area contributed by atoms with Crippen LogP contribution in [0, 0.1) is 6.92 Å². The Morgan fingerprint density at radius 3 is 2.49 bits per heavy atom. The van der Waals surface area contributed by atoms with E-state index in [1.165, 1.54) is 7.11 Å². The van der Waals surface area contributed by atoms with Gasteiger partial charge in [0.2, 0.25) is 0 Å². The van der Waals surface area contributed by atoms with Gasteiger partial charge in [0, 0.05) is 5.69 Å². The van der Waals surface area contributed by atoms with E-state index in [1.54, 1.807) is 42.5 Å². The second-order valence-electron chi connectivity index (χ2n) is 7.59. The third kappa shape index (κ3) is 5.75. The van der Waals surface area contributed by atoms with Gasteiger partial charge in [-0.25, -0.2) is 4.90 Å². The van der Waals surface area contributed by atoms with Gasteiger partial charge in [0.15, 0.2) is 18.1 Å². The lowest BCUT2D eigenvalue weighted by molar-refractivity contribution is -0.118. The zero-order chi connectivity index (χ0) is 24.9. The number of nitrogens with zero attached hydrogens (tertiary/aromatic N) is 1. The summed E-state index contributed by atoms with van der Waals surface area (Å²) in [7, 11) is 1.48. The number of nitrogens with one attached hydrogen (secondary N) is 1. The van der Waals surface area contributed by atoms with E-state index in [4.69, 9.17) is 9.47 Å². The van der Waals surface area contributed by atoms with Crippen LogP contribution >= 0.6 is 27.7 Å². The van der Waals surface area contributed by atoms with Gasteiger partial charge in [-0.3, -0.25) is 14.4 Å². The molecule has 1 aliphatic heterocycles. The van der Waals surface area contributed by atoms with Crippen molar-refractivity contribution in [1.82, 2.24) is 0 Å². The van der Waals surface area contributed by atoms with E-state index in [-0.39, 0.29) is 17.8 Å². The van der Waals surface area contributed by atoms with Gasteiger partial charge in [-0.15, -0.1) is 0 Å². The number of para-hydroxylation sites is 1. The summed E-state index contributed by atoms with van der Waals surface area (Å²) >= 11 is 4.32. The Balaban J connectivity index is 1.49. The van der Waals surface area contributed by atoms with E-state index < -0.39 is 5.91 Å². The predicted octanol–water partition coefficient (Wildman–Crippen LogP) is 6.02. The first kappa shape index (κ1) is 24.6. The number of methoxy groups -OCH3 is 1. The lowest BCUT2D eigenvalue weighted by Gasteiger charge is -2.14. The minimum atomic E-state index is -0.394. The minimum Gasteiger partial charge on any atom is -0.493 e. The number of carbonyl (C=O) groups is 3. The van der Waals surface area contributed by atoms with Crippen LogP contribution < -0.4 is 19.7 Å². The zero-order valence-electron chi connectivity index (χ0n) is 18.9. The Bertz CT molecular complexity index is 1310. The summed E-state index contributed by atoms with van der Waals surface area (Å²) in [6.07, 6.45) is 1.62. The number of hydrogen-bond donors (Lipinski definition) is 1. The summed E-state index contributed by atoms with van der Waals surface area (Å²) in [6.45, 7) is 1.74. The number of halogens is 1. The molecule has 1 N–H and O–H groups in total. The molecule has 0 aliphatic carbocycles. The van der Waals surface area contributed by atoms with E-state index in [1.807, 2.05) is 37.3 Å². The third-order valence-corrected chi connectivity index (χ3v) is 6.50. The van der Waals surface area contributed by atoms with Crippen LogP contribution in [-0.4, -0.2) is 30.8 Å². The van der Waals surface area contributed by atoms with Crippen LogP contribution in [0.5, 0.6) is 11.5 Å². The molecule has 0 unspecified atom stereocenters. The number of hydrogen-bond acceptors (Lipinski definition) is 6. The van der Waals surface area contributed by atoms with Gasteiger partial charge < -0.3 is 14.8 Å². The standard InChI is InChI=1S/C26H21BrN2O5S/c1-16-8-10-18(11-9-16)28-23(30)15-34-24-20(27)12-17(13-21(24)33-2)14-22-25(31)29(26(32)35-22)19-6-4-3-5-7-19/h3-14H,15H2,1-2H3,(H,28,30)/b22-14+. The summed E-state index contributed by atoms with van der Waals surface area (Å²) < 4.78 is 11.7. The number of thioether (sulfide) groups is 1. The molecule has 7 nitrogen and oxygen atoms in total. The average molecular weight is 553 g/mol. The molecule has 35 heavy (non-hydrogen) atoms. The number of benzene rings is 3. The van der Waals surface area contributed by atoms with Gasteiger partial charge in [0.05, 0.1) is 22.2 Å². The van der Waals surface area contributed by atoms with Crippen molar-refractivity contribution in [3.8, 4) is 11.5 Å². The molecule has 0 saturated carbocycles. The molecule has 4 rings (SSSR count). The van der Waals surface area contributed by atoms with Crippen molar-refractivity contribution in [2.75, 3.05) is 23.9 Å². The summed E-state index contributed by atoms with van der Waals surface area (Å²) in [6, 6.07) is 19.6. The molecule has 1 heterocycles. The van der Waals surface area contributed by atoms with Crippen molar-refractivity contribution in [1.29, 1.82) is 0 Å². The van der Waals surface area contributed by atoms with Gasteiger partial charge in [0.25, 0.3) is 17.1 Å². The van der Waals surface area contributed by atoms with Crippen molar-refractivity contribution >= 4 is 62.2 Å². The molecular formula is C26H21BrN2O5S. The van der Waals surface area contributed by atoms with Crippen LogP contribution in [0.15, 0.2) is 76.1 Å². The Morgan fingerprint density at radius 1 is 1.09 bits per heavy atom. The highest BCUT2D eigenvalue weighted by Crippen LogP contribution is 2.40. The molecule has 3 aromatic carbocycles. The normalized spacial score (nSPS) is 14.4. The van der Waals surface area contributed by atoms with Crippen LogP contribution in [0.4, 0.5) is 16.2 Å². The van der Waals surface area contributed by atoms with E-state index >= 15 is 0 Å². The first-order chi connectivity index (χ1) is 16.9. The lowest BCUT2D eigenvalue weighted by Crippen LogP contribution is -2.27. The lowest BCUT2D eigenvalue weighted by atomic mass is 10.1. The quantitative estimate of drug-likeness (QED) is 0.360. The highest BCUT2D eigenvalue weighted by atomic mass is 79.9. The number of aryl methyl sites for hydroxylation is 1. The first-order valence-electron chi connectivity index (χ1n) is 10.6. The smallest absolute Gasteiger partial charge is 0.298 e. The fourth-order valence-corrected chi connectivity index (χ4v) is 4.77. The number of carbonyl (C=O) groups excluding carboxylic acids is 3. The van der Waals surface area contributed by atoms with Crippen molar-refractivity contribution in [3.63, 3.8) is 0 Å². The van der Waals surface area contributed by atoms with Gasteiger partial charge in [-0.1, -0.05) is 35.9 Å². The summed E-state index contributed by atoms with van der Waals surface area (Å²) in [5.41, 5.74) is 2.92. The topological polar surface area (TPSA) is 84.9 Å². The number of rotatable bonds is 7. The number of anilines is 2. The molecule has 3 aromatic rings. The molecule has 178 valence electrons. The molecular weight excluding hydrogens is 532 g/mol. The first-order valence-corrected chi connectivity index (χ1v) is 12.2. The Kier molecular flexibility index (Phi) is 7.57. The third-order valence-electron chi connectivity index (χ3n) is 5.04. The van der Waals surface area contributed by atoms with Crippen LogP contribution in [-0.2, 0) is 9.59 Å². The van der Waals surface area contributed by atoms with Crippen molar-refractivity contribution in [3.05, 3.63) is 87.2 Å². The van der Waals surface area contributed by atoms with E-state index in [0.29, 0.717) is 37.8 Å². The Labute approximate surface area is 215 Å². The highest BCUT2D eigenvalue weighted by Gasteiger charge is 2.36. The summed E-state index contributed by atoms with van der Waals surface area (Å²) in [5.74, 6) is 0.00741.